The van der Waals surface area contributed by atoms with Gasteiger partial charge in [0.2, 0.25) is 0 Å². The number of unbranched alkanes of at least 4 members (excludes halogenated alkanes) is 3. The Labute approximate surface area is 141 Å². The van der Waals surface area contributed by atoms with Gasteiger partial charge in [-0.25, -0.2) is 4.79 Å². The highest BCUT2D eigenvalue weighted by Gasteiger charge is 2.53. The molecule has 2 rings (SSSR count). The summed E-state index contributed by atoms with van der Waals surface area (Å²) >= 11 is 0. The maximum Gasteiger partial charge on any atom is 0.340 e. The predicted molar refractivity (Wildman–Crippen MR) is 90.4 cm³/mol. The maximum absolute atomic E-state index is 11.8. The molecule has 0 bridgehead atoms. The lowest BCUT2D eigenvalue weighted by atomic mass is 9.99. The Morgan fingerprint density at radius 3 is 2.52 bits per heavy atom. The van der Waals surface area contributed by atoms with Gasteiger partial charge in [-0.05, 0) is 18.8 Å². The number of epoxide rings is 1. The summed E-state index contributed by atoms with van der Waals surface area (Å²) in [5, 5.41) is 0. The zero-order chi connectivity index (χ0) is 16.4. The van der Waals surface area contributed by atoms with Gasteiger partial charge in [0.05, 0.1) is 13.2 Å². The van der Waals surface area contributed by atoms with Crippen LogP contribution in [0.25, 0.3) is 0 Å². The molecule has 1 saturated carbocycles. The molecule has 0 aromatic rings. The number of hydrogen-bond donors (Lipinski definition) is 0. The molecule has 1 heterocycles. The second-order valence-corrected chi connectivity index (χ2v) is 7.13. The molecule has 0 radical (unpaired) electrons. The van der Waals surface area contributed by atoms with Crippen LogP contribution in [0, 0.1) is 5.92 Å². The summed E-state index contributed by atoms with van der Waals surface area (Å²) in [7, 11) is 0. The van der Waals surface area contributed by atoms with Crippen molar-refractivity contribution in [3.05, 3.63) is 0 Å². The fourth-order valence-electron chi connectivity index (χ4n) is 3.41. The van der Waals surface area contributed by atoms with Gasteiger partial charge in [0.15, 0.2) is 5.60 Å². The SMILES string of the molecule is CCCOC(=O)C1(CCOCCCCCCC2CCCC2)CO1. The summed E-state index contributed by atoms with van der Waals surface area (Å²) < 4.78 is 16.1. The van der Waals surface area contributed by atoms with E-state index in [1.807, 2.05) is 6.92 Å². The number of ether oxygens (including phenoxy) is 3. The van der Waals surface area contributed by atoms with E-state index in [1.54, 1.807) is 0 Å². The summed E-state index contributed by atoms with van der Waals surface area (Å²) in [4.78, 5) is 11.8. The van der Waals surface area contributed by atoms with Gasteiger partial charge in [-0.1, -0.05) is 58.3 Å². The Morgan fingerprint density at radius 2 is 1.83 bits per heavy atom. The van der Waals surface area contributed by atoms with Crippen molar-refractivity contribution in [3.8, 4) is 0 Å². The van der Waals surface area contributed by atoms with E-state index in [0.717, 1.165) is 25.4 Å². The predicted octanol–water partition coefficient (Wildman–Crippen LogP) is 4.26. The first-order valence-electron chi connectivity index (χ1n) is 9.66. The Bertz CT molecular complexity index is 332. The van der Waals surface area contributed by atoms with Crippen molar-refractivity contribution in [1.29, 1.82) is 0 Å². The van der Waals surface area contributed by atoms with Gasteiger partial charge in [-0.2, -0.15) is 0 Å². The average Bonchev–Trinajstić information content (AvgIpc) is 3.17. The van der Waals surface area contributed by atoms with Crippen LogP contribution in [-0.4, -0.2) is 38.0 Å². The normalized spacial score (nSPS) is 24.0. The van der Waals surface area contributed by atoms with E-state index in [2.05, 4.69) is 0 Å². The Morgan fingerprint density at radius 1 is 1.09 bits per heavy atom. The quantitative estimate of drug-likeness (QED) is 0.288. The van der Waals surface area contributed by atoms with E-state index in [9.17, 15) is 4.79 Å². The molecule has 2 fully saturated rings. The molecule has 4 nitrogen and oxygen atoms in total. The molecule has 1 saturated heterocycles. The van der Waals surface area contributed by atoms with Crippen molar-refractivity contribution >= 4 is 5.97 Å². The third-order valence-corrected chi connectivity index (χ3v) is 5.08. The van der Waals surface area contributed by atoms with E-state index in [4.69, 9.17) is 14.2 Å². The third kappa shape index (κ3) is 6.80. The number of rotatable bonds is 13. The first-order valence-corrected chi connectivity index (χ1v) is 9.66. The van der Waals surface area contributed by atoms with Gasteiger partial charge in [0.25, 0.3) is 0 Å². The monoisotopic (exact) mass is 326 g/mol. The lowest BCUT2D eigenvalue weighted by Crippen LogP contribution is -2.29. The van der Waals surface area contributed by atoms with E-state index in [0.29, 0.717) is 26.2 Å². The van der Waals surface area contributed by atoms with Gasteiger partial charge < -0.3 is 14.2 Å². The summed E-state index contributed by atoms with van der Waals surface area (Å²) in [6.45, 7) is 4.34. The number of esters is 1. The third-order valence-electron chi connectivity index (χ3n) is 5.08. The van der Waals surface area contributed by atoms with Crippen molar-refractivity contribution in [2.24, 2.45) is 5.92 Å². The molecule has 2 aliphatic rings. The van der Waals surface area contributed by atoms with Crippen LogP contribution in [0.4, 0.5) is 0 Å². The minimum Gasteiger partial charge on any atom is -0.463 e. The summed E-state index contributed by atoms with van der Waals surface area (Å²) in [6.07, 6.45) is 13.8. The van der Waals surface area contributed by atoms with Crippen LogP contribution in [0.15, 0.2) is 0 Å². The van der Waals surface area contributed by atoms with Crippen LogP contribution < -0.4 is 0 Å². The molecule has 1 aliphatic heterocycles. The van der Waals surface area contributed by atoms with Gasteiger partial charge in [0, 0.05) is 19.6 Å². The second kappa shape index (κ2) is 10.3. The molecule has 1 atom stereocenters. The Kier molecular flexibility index (Phi) is 8.38. The average molecular weight is 326 g/mol. The zero-order valence-corrected chi connectivity index (χ0v) is 14.8. The molecule has 0 N–H and O–H groups in total. The van der Waals surface area contributed by atoms with Gasteiger partial charge in [0.1, 0.15) is 0 Å². The number of carbonyl (C=O) groups excluding carboxylic acids is 1. The molecule has 0 aromatic heterocycles. The molecular weight excluding hydrogens is 292 g/mol. The zero-order valence-electron chi connectivity index (χ0n) is 14.8. The fraction of sp³-hybridized carbons (Fsp3) is 0.947. The highest BCUT2D eigenvalue weighted by Crippen LogP contribution is 2.32. The fourth-order valence-corrected chi connectivity index (χ4v) is 3.41. The van der Waals surface area contributed by atoms with Gasteiger partial charge >= 0.3 is 5.97 Å². The minimum absolute atomic E-state index is 0.213. The summed E-state index contributed by atoms with van der Waals surface area (Å²) in [5.74, 6) is 0.809. The largest absolute Gasteiger partial charge is 0.463 e. The van der Waals surface area contributed by atoms with E-state index in [-0.39, 0.29) is 5.97 Å². The molecule has 4 heteroatoms. The maximum atomic E-state index is 11.8. The molecular formula is C19H34O4. The molecule has 134 valence electrons. The molecule has 0 aromatic carbocycles. The van der Waals surface area contributed by atoms with Crippen LogP contribution in [0.5, 0.6) is 0 Å². The van der Waals surface area contributed by atoms with Gasteiger partial charge in [-0.15, -0.1) is 0 Å². The molecule has 0 spiro atoms. The van der Waals surface area contributed by atoms with Crippen molar-refractivity contribution < 1.29 is 19.0 Å². The molecule has 0 amide bonds. The lowest BCUT2D eigenvalue weighted by Gasteiger charge is -2.11. The molecule has 1 unspecified atom stereocenters. The summed E-state index contributed by atoms with van der Waals surface area (Å²) in [5.41, 5.74) is -0.684. The first-order chi connectivity index (χ1) is 11.3. The van der Waals surface area contributed by atoms with E-state index >= 15 is 0 Å². The van der Waals surface area contributed by atoms with Crippen LogP contribution in [-0.2, 0) is 19.0 Å². The van der Waals surface area contributed by atoms with Crippen molar-refractivity contribution in [2.75, 3.05) is 26.4 Å². The minimum atomic E-state index is -0.684. The van der Waals surface area contributed by atoms with E-state index in [1.165, 1.54) is 51.4 Å². The van der Waals surface area contributed by atoms with Crippen LogP contribution in [0.1, 0.15) is 77.6 Å². The smallest absolute Gasteiger partial charge is 0.340 e. The van der Waals surface area contributed by atoms with E-state index < -0.39 is 5.60 Å². The highest BCUT2D eigenvalue weighted by atomic mass is 16.6. The number of carbonyl (C=O) groups is 1. The standard InChI is InChI=1S/C19H34O4/c1-2-13-22-18(20)19(16-23-19)12-15-21-14-8-4-3-5-9-17-10-6-7-11-17/h17H,2-16H2,1H3. The summed E-state index contributed by atoms with van der Waals surface area (Å²) in [6, 6.07) is 0. The Hall–Kier alpha value is -0.610. The van der Waals surface area contributed by atoms with Crippen LogP contribution in [0.3, 0.4) is 0 Å². The van der Waals surface area contributed by atoms with Crippen molar-refractivity contribution in [2.45, 2.75) is 83.2 Å². The first kappa shape index (κ1) is 18.7. The molecule has 1 aliphatic carbocycles. The van der Waals surface area contributed by atoms with Gasteiger partial charge in [-0.3, -0.25) is 0 Å². The molecule has 23 heavy (non-hydrogen) atoms. The Balaban J connectivity index is 1.38. The highest BCUT2D eigenvalue weighted by molar-refractivity contribution is 5.82. The van der Waals surface area contributed by atoms with Crippen molar-refractivity contribution in [1.82, 2.24) is 0 Å². The van der Waals surface area contributed by atoms with Crippen LogP contribution in [0.2, 0.25) is 0 Å². The second-order valence-electron chi connectivity index (χ2n) is 7.13. The topological polar surface area (TPSA) is 48.1 Å². The number of hydrogen-bond acceptors (Lipinski definition) is 4. The lowest BCUT2D eigenvalue weighted by molar-refractivity contribution is -0.150. The van der Waals surface area contributed by atoms with Crippen LogP contribution >= 0.6 is 0 Å². The van der Waals surface area contributed by atoms with Crippen molar-refractivity contribution in [3.63, 3.8) is 0 Å².